The molecule has 0 aromatic heterocycles. The number of nitrogens with zero attached hydrogens (tertiary/aromatic N) is 1. The van der Waals surface area contributed by atoms with Gasteiger partial charge in [0, 0.05) is 31.5 Å². The summed E-state index contributed by atoms with van der Waals surface area (Å²) in [5, 5.41) is 12.4. The molecule has 35 heavy (non-hydrogen) atoms. The maximum atomic E-state index is 12.8. The fourth-order valence-electron chi connectivity index (χ4n) is 5.21. The van der Waals surface area contributed by atoms with Crippen molar-refractivity contribution in [2.24, 2.45) is 5.41 Å². The van der Waals surface area contributed by atoms with E-state index in [9.17, 15) is 19.5 Å². The molecule has 1 heterocycles. The molecule has 2 aliphatic rings. The van der Waals surface area contributed by atoms with Crippen molar-refractivity contribution in [1.82, 2.24) is 10.2 Å². The minimum Gasteiger partial charge on any atom is -0.481 e. The molecule has 1 fully saturated rings. The molecule has 0 unspecified atom stereocenters. The number of carboxylic acid groups (broad SMARTS) is 1. The lowest BCUT2D eigenvalue weighted by Crippen LogP contribution is -2.62. The van der Waals surface area contributed by atoms with Crippen LogP contribution in [0.4, 0.5) is 4.79 Å². The number of allylic oxidation sites excluding steroid dienone is 1. The summed E-state index contributed by atoms with van der Waals surface area (Å²) in [7, 11) is 0. The van der Waals surface area contributed by atoms with Gasteiger partial charge in [-0.3, -0.25) is 9.59 Å². The third kappa shape index (κ3) is 4.94. The van der Waals surface area contributed by atoms with E-state index in [2.05, 4.69) is 36.2 Å². The number of hydrogen-bond donors (Lipinski definition) is 2. The first kappa shape index (κ1) is 24.5. The summed E-state index contributed by atoms with van der Waals surface area (Å²) < 4.78 is 5.63. The number of amides is 2. The van der Waals surface area contributed by atoms with Crippen LogP contribution in [-0.2, 0) is 14.3 Å². The molecule has 7 heteroatoms. The third-order valence-corrected chi connectivity index (χ3v) is 7.05. The minimum atomic E-state index is -0.947. The van der Waals surface area contributed by atoms with Crippen molar-refractivity contribution in [3.8, 4) is 11.1 Å². The van der Waals surface area contributed by atoms with Crippen molar-refractivity contribution < 1.29 is 24.2 Å². The van der Waals surface area contributed by atoms with Crippen molar-refractivity contribution in [3.63, 3.8) is 0 Å². The van der Waals surface area contributed by atoms with Crippen LogP contribution in [0.5, 0.6) is 0 Å². The number of fused-ring (bicyclic) bond motifs is 3. The summed E-state index contributed by atoms with van der Waals surface area (Å²) in [5.41, 5.74) is 3.66. The number of aliphatic carboxylic acids is 1. The number of rotatable bonds is 10. The van der Waals surface area contributed by atoms with E-state index in [0.29, 0.717) is 12.8 Å². The number of nitrogens with one attached hydrogen (secondary N) is 1. The number of carbonyl (C=O) groups excluding carboxylic acids is 2. The van der Waals surface area contributed by atoms with Gasteiger partial charge in [-0.1, -0.05) is 68.0 Å². The number of ether oxygens (including phenoxy) is 1. The Kier molecular flexibility index (Phi) is 7.24. The maximum Gasteiger partial charge on any atom is 0.407 e. The molecular weight excluding hydrogens is 444 g/mol. The van der Waals surface area contributed by atoms with Crippen molar-refractivity contribution in [2.45, 2.75) is 44.6 Å². The summed E-state index contributed by atoms with van der Waals surface area (Å²) in [4.78, 5) is 38.6. The molecule has 0 bridgehead atoms. The van der Waals surface area contributed by atoms with Crippen LogP contribution < -0.4 is 5.32 Å². The normalized spacial score (nSPS) is 16.4. The van der Waals surface area contributed by atoms with Gasteiger partial charge >= 0.3 is 12.1 Å². The fraction of sp³-hybridized carbons (Fsp3) is 0.393. The molecule has 1 aliphatic carbocycles. The molecule has 1 atom stereocenters. The first-order chi connectivity index (χ1) is 16.9. The average Bonchev–Trinajstić information content (AvgIpc) is 3.13. The van der Waals surface area contributed by atoms with Crippen LogP contribution in [0.25, 0.3) is 11.1 Å². The van der Waals surface area contributed by atoms with Gasteiger partial charge in [-0.25, -0.2) is 4.79 Å². The van der Waals surface area contributed by atoms with E-state index >= 15 is 0 Å². The Labute approximate surface area is 205 Å². The van der Waals surface area contributed by atoms with Crippen LogP contribution in [0.3, 0.4) is 0 Å². The zero-order valence-corrected chi connectivity index (χ0v) is 20.0. The predicted octanol–water partition coefficient (Wildman–Crippen LogP) is 4.57. The van der Waals surface area contributed by atoms with Gasteiger partial charge in [-0.2, -0.15) is 0 Å². The molecule has 2 amide bonds. The zero-order valence-electron chi connectivity index (χ0n) is 20.0. The molecule has 2 aromatic carbocycles. The van der Waals surface area contributed by atoms with Crippen molar-refractivity contribution in [3.05, 3.63) is 72.3 Å². The van der Waals surface area contributed by atoms with Gasteiger partial charge in [-0.05, 0) is 35.1 Å². The largest absolute Gasteiger partial charge is 0.481 e. The quantitative estimate of drug-likeness (QED) is 0.490. The average molecular weight is 477 g/mol. The van der Waals surface area contributed by atoms with Gasteiger partial charge in [0.1, 0.15) is 12.0 Å². The molecule has 4 rings (SSSR count). The first-order valence-corrected chi connectivity index (χ1v) is 12.1. The van der Waals surface area contributed by atoms with Crippen molar-refractivity contribution >= 4 is 18.0 Å². The summed E-state index contributed by atoms with van der Waals surface area (Å²) in [6.07, 6.45) is 2.88. The van der Waals surface area contributed by atoms with Crippen LogP contribution in [0.15, 0.2) is 61.2 Å². The van der Waals surface area contributed by atoms with Crippen molar-refractivity contribution in [1.29, 1.82) is 0 Å². The van der Waals surface area contributed by atoms with Crippen molar-refractivity contribution in [2.75, 3.05) is 19.7 Å². The van der Waals surface area contributed by atoms with Gasteiger partial charge in [-0.15, -0.1) is 6.58 Å². The van der Waals surface area contributed by atoms with Gasteiger partial charge in [0.15, 0.2) is 0 Å². The van der Waals surface area contributed by atoms with Crippen LogP contribution in [0.1, 0.15) is 49.7 Å². The molecule has 1 aliphatic heterocycles. The maximum absolute atomic E-state index is 12.8. The minimum absolute atomic E-state index is 0.0329. The van der Waals surface area contributed by atoms with Gasteiger partial charge in [0.05, 0.1) is 0 Å². The topological polar surface area (TPSA) is 95.9 Å². The Morgan fingerprint density at radius 2 is 1.74 bits per heavy atom. The van der Waals surface area contributed by atoms with Crippen LogP contribution in [0.2, 0.25) is 0 Å². The summed E-state index contributed by atoms with van der Waals surface area (Å²) in [6, 6.07) is 15.9. The summed E-state index contributed by atoms with van der Waals surface area (Å²) in [6.45, 7) is 6.15. The Hall–Kier alpha value is -3.61. The highest BCUT2D eigenvalue weighted by molar-refractivity contribution is 5.84. The molecule has 2 N–H and O–H groups in total. The second-order valence-corrected chi connectivity index (χ2v) is 9.49. The molecule has 7 nitrogen and oxygen atoms in total. The molecule has 1 saturated heterocycles. The van der Waals surface area contributed by atoms with Gasteiger partial charge in [0.2, 0.25) is 5.91 Å². The number of carboxylic acids is 1. The third-order valence-electron chi connectivity index (χ3n) is 7.05. The van der Waals surface area contributed by atoms with E-state index in [4.69, 9.17) is 4.74 Å². The molecular formula is C28H32N2O5. The van der Waals surface area contributed by atoms with E-state index in [1.807, 2.05) is 31.2 Å². The van der Waals surface area contributed by atoms with Gasteiger partial charge in [0.25, 0.3) is 0 Å². The van der Waals surface area contributed by atoms with E-state index in [1.54, 1.807) is 11.0 Å². The first-order valence-electron chi connectivity index (χ1n) is 12.1. The second kappa shape index (κ2) is 10.3. The zero-order chi connectivity index (χ0) is 25.0. The van der Waals surface area contributed by atoms with E-state index in [0.717, 1.165) is 28.7 Å². The SMILES string of the molecule is C=CCC1(C(=O)O)CN(C(=O)C[C@@H](CCC)NC(=O)OCC2c3ccccc3-c3ccccc32)C1. The highest BCUT2D eigenvalue weighted by Crippen LogP contribution is 2.44. The molecule has 0 spiro atoms. The summed E-state index contributed by atoms with van der Waals surface area (Å²) >= 11 is 0. The van der Waals surface area contributed by atoms with Crippen LogP contribution in [0, 0.1) is 5.41 Å². The highest BCUT2D eigenvalue weighted by Gasteiger charge is 2.50. The Morgan fingerprint density at radius 3 is 2.29 bits per heavy atom. The smallest absolute Gasteiger partial charge is 0.407 e. The fourth-order valence-corrected chi connectivity index (χ4v) is 5.21. The number of likely N-dealkylation sites (tertiary alicyclic amines) is 1. The number of hydrogen-bond acceptors (Lipinski definition) is 4. The Bertz CT molecular complexity index is 1080. The monoisotopic (exact) mass is 476 g/mol. The Balaban J connectivity index is 1.33. The molecule has 0 saturated carbocycles. The number of alkyl carbamates (subject to hydrolysis) is 1. The van der Waals surface area contributed by atoms with E-state index in [1.165, 1.54) is 0 Å². The van der Waals surface area contributed by atoms with E-state index in [-0.39, 0.29) is 44.0 Å². The molecule has 2 aromatic rings. The van der Waals surface area contributed by atoms with Crippen LogP contribution >= 0.6 is 0 Å². The lowest BCUT2D eigenvalue weighted by molar-refractivity contribution is -0.165. The second-order valence-electron chi connectivity index (χ2n) is 9.49. The van der Waals surface area contributed by atoms with E-state index < -0.39 is 17.5 Å². The summed E-state index contributed by atoms with van der Waals surface area (Å²) in [5.74, 6) is -1.11. The number of benzene rings is 2. The predicted molar refractivity (Wildman–Crippen MR) is 133 cm³/mol. The lowest BCUT2D eigenvalue weighted by atomic mass is 9.76. The molecule has 184 valence electrons. The van der Waals surface area contributed by atoms with Gasteiger partial charge < -0.3 is 20.1 Å². The lowest BCUT2D eigenvalue weighted by Gasteiger charge is -2.47. The Morgan fingerprint density at radius 1 is 1.14 bits per heavy atom. The molecule has 0 radical (unpaired) electrons. The standard InChI is InChI=1S/C28H32N2O5/c1-3-9-19(15-25(31)30-17-28(18-30,14-4-2)26(32)33)29-27(34)35-16-24-22-12-7-5-10-20(22)21-11-6-8-13-23(21)24/h4-8,10-13,19,24H,2-3,9,14-18H2,1H3,(H,29,34)(H,32,33)/t19-/m1/s1. The number of carbonyl (C=O) groups is 3. The highest BCUT2D eigenvalue weighted by atomic mass is 16.5. The van der Waals surface area contributed by atoms with Crippen LogP contribution in [-0.4, -0.2) is 53.7 Å².